The molecule has 6 heteroatoms. The van der Waals surface area contributed by atoms with Gasteiger partial charge in [-0.3, -0.25) is 4.99 Å². The molecule has 2 rings (SSSR count). The number of aliphatic imine (C=N–C) groups is 1. The zero-order valence-electron chi connectivity index (χ0n) is 9.54. The first-order valence-electron chi connectivity index (χ1n) is 5.56. The molecule has 0 saturated carbocycles. The molecule has 2 aliphatic rings. The third kappa shape index (κ3) is 2.20. The standard InChI is InChI=1S/C10H18N2O3S/c1-3-4-12(2)10-11-7-8(14)6(13)5-15-9(7)16-10/h6-9,13-14H,3-5H2,1-2H3. The molecule has 1 saturated heterocycles. The van der Waals surface area contributed by atoms with E-state index in [0.717, 1.165) is 18.1 Å². The number of fused-ring (bicyclic) bond motifs is 1. The lowest BCUT2D eigenvalue weighted by Gasteiger charge is -2.31. The third-order valence-corrected chi connectivity index (χ3v) is 4.10. The maximum absolute atomic E-state index is 9.81. The highest BCUT2D eigenvalue weighted by molar-refractivity contribution is 8.14. The van der Waals surface area contributed by atoms with E-state index >= 15 is 0 Å². The number of aliphatic hydroxyl groups is 2. The Balaban J connectivity index is 2.04. The predicted molar refractivity (Wildman–Crippen MR) is 63.5 cm³/mol. The van der Waals surface area contributed by atoms with Gasteiger partial charge in [-0.05, 0) is 6.42 Å². The minimum Gasteiger partial charge on any atom is -0.388 e. The van der Waals surface area contributed by atoms with Gasteiger partial charge in [0.05, 0.1) is 6.61 Å². The van der Waals surface area contributed by atoms with Gasteiger partial charge in [-0.15, -0.1) is 0 Å². The fraction of sp³-hybridized carbons (Fsp3) is 0.900. The van der Waals surface area contributed by atoms with E-state index in [1.165, 1.54) is 11.8 Å². The normalized spacial score (nSPS) is 38.1. The van der Waals surface area contributed by atoms with Crippen molar-refractivity contribution in [3.8, 4) is 0 Å². The van der Waals surface area contributed by atoms with Crippen molar-refractivity contribution in [1.82, 2.24) is 4.90 Å². The molecule has 2 heterocycles. The summed E-state index contributed by atoms with van der Waals surface area (Å²) in [5.74, 6) is 0. The van der Waals surface area contributed by atoms with Crippen LogP contribution in [-0.2, 0) is 4.74 Å². The van der Waals surface area contributed by atoms with E-state index in [9.17, 15) is 10.2 Å². The minimum absolute atomic E-state index is 0.146. The Bertz CT molecular complexity index is 287. The van der Waals surface area contributed by atoms with Crippen LogP contribution in [0.5, 0.6) is 0 Å². The van der Waals surface area contributed by atoms with Crippen LogP contribution in [0, 0.1) is 0 Å². The average molecular weight is 246 g/mol. The van der Waals surface area contributed by atoms with E-state index in [-0.39, 0.29) is 18.1 Å². The van der Waals surface area contributed by atoms with E-state index in [0.29, 0.717) is 0 Å². The number of thioether (sulfide) groups is 1. The first-order valence-corrected chi connectivity index (χ1v) is 6.44. The Hall–Kier alpha value is -0.300. The summed E-state index contributed by atoms with van der Waals surface area (Å²) in [6.45, 7) is 3.23. The Kier molecular flexibility index (Phi) is 3.73. The Labute approximate surface area is 99.5 Å². The zero-order chi connectivity index (χ0) is 11.7. The van der Waals surface area contributed by atoms with Crippen LogP contribution in [0.15, 0.2) is 4.99 Å². The van der Waals surface area contributed by atoms with Crippen molar-refractivity contribution in [2.75, 3.05) is 20.2 Å². The van der Waals surface area contributed by atoms with Gasteiger partial charge in [0.1, 0.15) is 23.7 Å². The van der Waals surface area contributed by atoms with E-state index in [2.05, 4.69) is 16.8 Å². The van der Waals surface area contributed by atoms with Gasteiger partial charge in [-0.2, -0.15) is 0 Å². The van der Waals surface area contributed by atoms with Crippen molar-refractivity contribution in [1.29, 1.82) is 0 Å². The topological polar surface area (TPSA) is 65.3 Å². The summed E-state index contributed by atoms with van der Waals surface area (Å²) in [4.78, 5) is 6.49. The van der Waals surface area contributed by atoms with E-state index < -0.39 is 12.2 Å². The van der Waals surface area contributed by atoms with Gasteiger partial charge < -0.3 is 19.8 Å². The van der Waals surface area contributed by atoms with Crippen LogP contribution >= 0.6 is 11.8 Å². The smallest absolute Gasteiger partial charge is 0.162 e. The molecule has 4 atom stereocenters. The van der Waals surface area contributed by atoms with Gasteiger partial charge in [0.15, 0.2) is 5.17 Å². The van der Waals surface area contributed by atoms with Gasteiger partial charge in [0.2, 0.25) is 0 Å². The minimum atomic E-state index is -0.818. The van der Waals surface area contributed by atoms with E-state index in [1.807, 2.05) is 7.05 Å². The monoisotopic (exact) mass is 246 g/mol. The number of amidine groups is 1. The number of hydrogen-bond acceptors (Lipinski definition) is 6. The van der Waals surface area contributed by atoms with Crippen LogP contribution in [0.1, 0.15) is 13.3 Å². The van der Waals surface area contributed by atoms with E-state index in [1.54, 1.807) is 0 Å². The molecule has 5 nitrogen and oxygen atoms in total. The number of hydrogen-bond donors (Lipinski definition) is 2. The summed E-state index contributed by atoms with van der Waals surface area (Å²) in [6, 6.07) is -0.331. The lowest BCUT2D eigenvalue weighted by Crippen LogP contribution is -2.49. The van der Waals surface area contributed by atoms with Crippen molar-refractivity contribution in [2.45, 2.75) is 37.0 Å². The second kappa shape index (κ2) is 4.91. The molecule has 2 aliphatic heterocycles. The maximum atomic E-state index is 9.81. The highest BCUT2D eigenvalue weighted by Crippen LogP contribution is 2.34. The van der Waals surface area contributed by atoms with Crippen molar-refractivity contribution in [3.63, 3.8) is 0 Å². The third-order valence-electron chi connectivity index (χ3n) is 2.82. The van der Waals surface area contributed by atoms with Gasteiger partial charge >= 0.3 is 0 Å². The van der Waals surface area contributed by atoms with Crippen molar-refractivity contribution < 1.29 is 14.9 Å². The van der Waals surface area contributed by atoms with E-state index in [4.69, 9.17) is 4.74 Å². The highest BCUT2D eigenvalue weighted by atomic mass is 32.2. The van der Waals surface area contributed by atoms with Crippen molar-refractivity contribution >= 4 is 16.9 Å². The average Bonchev–Trinajstić information content (AvgIpc) is 2.69. The molecule has 0 spiro atoms. The lowest BCUT2D eigenvalue weighted by atomic mass is 10.1. The van der Waals surface area contributed by atoms with Crippen molar-refractivity contribution in [2.24, 2.45) is 4.99 Å². The quantitative estimate of drug-likeness (QED) is 0.711. The zero-order valence-corrected chi connectivity index (χ0v) is 10.4. The molecule has 0 aromatic rings. The molecule has 92 valence electrons. The molecule has 16 heavy (non-hydrogen) atoms. The summed E-state index contributed by atoms with van der Waals surface area (Å²) in [5, 5.41) is 20.2. The van der Waals surface area contributed by atoms with Crippen LogP contribution in [0.3, 0.4) is 0 Å². The predicted octanol–water partition coefficient (Wildman–Crippen LogP) is -0.122. The lowest BCUT2D eigenvalue weighted by molar-refractivity contribution is -0.105. The molecule has 0 aromatic carbocycles. The Morgan fingerprint density at radius 1 is 1.56 bits per heavy atom. The van der Waals surface area contributed by atoms with Gasteiger partial charge in [0, 0.05) is 13.6 Å². The molecular formula is C10H18N2O3S. The Morgan fingerprint density at radius 2 is 2.31 bits per heavy atom. The number of rotatable bonds is 2. The first-order chi connectivity index (χ1) is 7.63. The van der Waals surface area contributed by atoms with Crippen LogP contribution in [0.4, 0.5) is 0 Å². The summed E-state index contributed by atoms with van der Waals surface area (Å²) >= 11 is 1.53. The molecule has 4 unspecified atom stereocenters. The second-order valence-electron chi connectivity index (χ2n) is 4.20. The summed E-state index contributed by atoms with van der Waals surface area (Å²) in [5.41, 5.74) is -0.146. The number of ether oxygens (including phenoxy) is 1. The molecule has 0 aliphatic carbocycles. The Morgan fingerprint density at radius 3 is 3.00 bits per heavy atom. The van der Waals surface area contributed by atoms with Crippen LogP contribution in [-0.4, -0.2) is 64.2 Å². The molecule has 0 radical (unpaired) electrons. The molecule has 0 amide bonds. The van der Waals surface area contributed by atoms with Gasteiger partial charge in [-0.1, -0.05) is 18.7 Å². The molecular weight excluding hydrogens is 228 g/mol. The van der Waals surface area contributed by atoms with Crippen LogP contribution < -0.4 is 0 Å². The van der Waals surface area contributed by atoms with Crippen LogP contribution in [0.25, 0.3) is 0 Å². The largest absolute Gasteiger partial charge is 0.388 e. The van der Waals surface area contributed by atoms with Gasteiger partial charge in [-0.25, -0.2) is 0 Å². The SMILES string of the molecule is CCCN(C)C1=NC2C(OCC(O)C2O)S1. The van der Waals surface area contributed by atoms with Crippen LogP contribution in [0.2, 0.25) is 0 Å². The fourth-order valence-corrected chi connectivity index (χ4v) is 3.07. The fourth-order valence-electron chi connectivity index (χ4n) is 1.90. The van der Waals surface area contributed by atoms with Crippen molar-refractivity contribution in [3.05, 3.63) is 0 Å². The summed E-state index contributed by atoms with van der Waals surface area (Å²) in [6.07, 6.45) is -0.572. The first kappa shape index (κ1) is 12.2. The molecule has 2 N–H and O–H groups in total. The second-order valence-corrected chi connectivity index (χ2v) is 5.27. The molecule has 1 fully saturated rings. The highest BCUT2D eigenvalue weighted by Gasteiger charge is 2.44. The van der Waals surface area contributed by atoms with Gasteiger partial charge in [0.25, 0.3) is 0 Å². The summed E-state index contributed by atoms with van der Waals surface area (Å²) in [7, 11) is 1.98. The number of aliphatic hydroxyl groups excluding tert-OH is 2. The number of nitrogens with zero attached hydrogens (tertiary/aromatic N) is 2. The maximum Gasteiger partial charge on any atom is 0.162 e. The molecule has 0 bridgehead atoms. The summed E-state index contributed by atoms with van der Waals surface area (Å²) < 4.78 is 5.45. The molecule has 0 aromatic heterocycles.